The normalized spacial score (nSPS) is 12.3. The van der Waals surface area contributed by atoms with Gasteiger partial charge in [-0.3, -0.25) is 4.79 Å². The number of carbonyl (C=O) groups is 1. The van der Waals surface area contributed by atoms with Crippen molar-refractivity contribution in [2.45, 2.75) is 25.8 Å². The van der Waals surface area contributed by atoms with Gasteiger partial charge in [0.1, 0.15) is 0 Å². The maximum absolute atomic E-state index is 11.4. The lowest BCUT2D eigenvalue weighted by atomic mass is 9.96. The predicted molar refractivity (Wildman–Crippen MR) is 81.8 cm³/mol. The molecule has 2 N–H and O–H groups in total. The average Bonchev–Trinajstić information content (AvgIpc) is 2.46. The minimum atomic E-state index is -0.207. The Labute approximate surface area is 123 Å². The minimum Gasteiger partial charge on any atom is -0.466 e. The highest BCUT2D eigenvalue weighted by Gasteiger charge is 2.13. The maximum atomic E-state index is 11.4. The van der Waals surface area contributed by atoms with E-state index in [-0.39, 0.29) is 12.0 Å². The van der Waals surface area contributed by atoms with Crippen LogP contribution in [-0.4, -0.2) is 12.6 Å². The van der Waals surface area contributed by atoms with Gasteiger partial charge in [0.05, 0.1) is 6.61 Å². The molecule has 1 unspecified atom stereocenters. The van der Waals surface area contributed by atoms with E-state index in [0.717, 1.165) is 16.3 Å². The molecule has 0 aromatic heterocycles. The number of nitrogens with two attached hydrogens (primary N) is 1. The lowest BCUT2D eigenvalue weighted by Gasteiger charge is -2.15. The van der Waals surface area contributed by atoms with Crippen LogP contribution in [0.25, 0.3) is 10.8 Å². The summed E-state index contributed by atoms with van der Waals surface area (Å²) < 4.78 is 4.92. The number of ether oxygens (including phenoxy) is 1. The van der Waals surface area contributed by atoms with Crippen molar-refractivity contribution in [1.82, 2.24) is 0 Å². The second kappa shape index (κ2) is 6.73. The zero-order chi connectivity index (χ0) is 14.5. The number of hydrogen-bond donors (Lipinski definition) is 1. The van der Waals surface area contributed by atoms with Crippen molar-refractivity contribution in [1.29, 1.82) is 0 Å². The van der Waals surface area contributed by atoms with Gasteiger partial charge in [0.2, 0.25) is 0 Å². The molecule has 0 heterocycles. The summed E-state index contributed by atoms with van der Waals surface area (Å²) in [5, 5.41) is 2.73. The average molecular weight is 292 g/mol. The third-order valence-corrected chi connectivity index (χ3v) is 3.60. The van der Waals surface area contributed by atoms with Crippen LogP contribution in [0.15, 0.2) is 36.4 Å². The Morgan fingerprint density at radius 2 is 1.95 bits per heavy atom. The van der Waals surface area contributed by atoms with Gasteiger partial charge in [-0.15, -0.1) is 0 Å². The van der Waals surface area contributed by atoms with Gasteiger partial charge in [0.25, 0.3) is 0 Å². The van der Waals surface area contributed by atoms with E-state index in [9.17, 15) is 4.79 Å². The Bertz CT molecular complexity index is 612. The fourth-order valence-electron chi connectivity index (χ4n) is 2.27. The van der Waals surface area contributed by atoms with Gasteiger partial charge in [-0.1, -0.05) is 41.9 Å². The van der Waals surface area contributed by atoms with Gasteiger partial charge >= 0.3 is 5.97 Å². The zero-order valence-electron chi connectivity index (χ0n) is 11.4. The summed E-state index contributed by atoms with van der Waals surface area (Å²) in [6, 6.07) is 11.5. The third-order valence-electron chi connectivity index (χ3n) is 3.27. The first-order chi connectivity index (χ1) is 9.63. The molecule has 3 nitrogen and oxygen atoms in total. The molecule has 1 atom stereocenters. The molecule has 0 saturated heterocycles. The van der Waals surface area contributed by atoms with E-state index >= 15 is 0 Å². The molecule has 0 spiro atoms. The predicted octanol–water partition coefficient (Wildman–Crippen LogP) is 3.84. The number of esters is 1. The molecule has 4 heteroatoms. The molecule has 0 aliphatic carbocycles. The van der Waals surface area contributed by atoms with Crippen LogP contribution in [0.1, 0.15) is 31.4 Å². The van der Waals surface area contributed by atoms with Crippen LogP contribution >= 0.6 is 11.6 Å². The summed E-state index contributed by atoms with van der Waals surface area (Å²) in [5.74, 6) is -0.207. The van der Waals surface area contributed by atoms with Gasteiger partial charge < -0.3 is 10.5 Å². The summed E-state index contributed by atoms with van der Waals surface area (Å²) in [5.41, 5.74) is 7.21. The standard InChI is InChI=1S/C16H18ClNO2/c1-2-20-16(19)10-9-15(18)13-7-8-14(17)12-6-4-3-5-11(12)13/h3-8,15H,2,9-10,18H2,1H3. The Balaban J connectivity index is 2.20. The number of rotatable bonds is 5. The highest BCUT2D eigenvalue weighted by Crippen LogP contribution is 2.30. The Hall–Kier alpha value is -1.58. The fraction of sp³-hybridized carbons (Fsp3) is 0.312. The van der Waals surface area contributed by atoms with Gasteiger partial charge in [-0.25, -0.2) is 0 Å². The highest BCUT2D eigenvalue weighted by molar-refractivity contribution is 6.35. The smallest absolute Gasteiger partial charge is 0.305 e. The van der Waals surface area contributed by atoms with E-state index < -0.39 is 0 Å². The van der Waals surface area contributed by atoms with E-state index in [2.05, 4.69) is 0 Å². The van der Waals surface area contributed by atoms with E-state index in [0.29, 0.717) is 24.5 Å². The van der Waals surface area contributed by atoms with Crippen LogP contribution in [0.3, 0.4) is 0 Å². The number of fused-ring (bicyclic) bond motifs is 1. The van der Waals surface area contributed by atoms with E-state index in [1.54, 1.807) is 6.92 Å². The van der Waals surface area contributed by atoms with E-state index in [1.807, 2.05) is 36.4 Å². The summed E-state index contributed by atoms with van der Waals surface area (Å²) in [7, 11) is 0. The van der Waals surface area contributed by atoms with Crippen molar-refractivity contribution < 1.29 is 9.53 Å². The van der Waals surface area contributed by atoms with Crippen molar-refractivity contribution in [2.24, 2.45) is 5.73 Å². The molecule has 0 radical (unpaired) electrons. The molecule has 2 aromatic carbocycles. The molecule has 2 rings (SSSR count). The number of halogens is 1. The van der Waals surface area contributed by atoms with Crippen molar-refractivity contribution in [3.63, 3.8) is 0 Å². The molecule has 0 aliphatic heterocycles. The van der Waals surface area contributed by atoms with E-state index in [4.69, 9.17) is 22.1 Å². The molecular weight excluding hydrogens is 274 g/mol. The Morgan fingerprint density at radius 1 is 1.25 bits per heavy atom. The molecule has 0 bridgehead atoms. The Kier molecular flexibility index (Phi) is 4.99. The van der Waals surface area contributed by atoms with Crippen molar-refractivity contribution in [3.05, 3.63) is 47.0 Å². The van der Waals surface area contributed by atoms with Gasteiger partial charge in [0.15, 0.2) is 0 Å². The van der Waals surface area contributed by atoms with Crippen LogP contribution in [0.4, 0.5) is 0 Å². The van der Waals surface area contributed by atoms with Crippen LogP contribution in [0.2, 0.25) is 5.02 Å². The summed E-state index contributed by atoms with van der Waals surface area (Å²) in [6.45, 7) is 2.20. The van der Waals surface area contributed by atoms with Crippen molar-refractivity contribution in [2.75, 3.05) is 6.61 Å². The quantitative estimate of drug-likeness (QED) is 0.852. The Morgan fingerprint density at radius 3 is 2.65 bits per heavy atom. The first kappa shape index (κ1) is 14.8. The molecular formula is C16H18ClNO2. The number of benzene rings is 2. The van der Waals surface area contributed by atoms with Gasteiger partial charge in [-0.05, 0) is 30.4 Å². The molecule has 0 aliphatic rings. The lowest BCUT2D eigenvalue weighted by molar-refractivity contribution is -0.143. The molecule has 106 valence electrons. The molecule has 0 amide bonds. The highest BCUT2D eigenvalue weighted by atomic mass is 35.5. The summed E-state index contributed by atoms with van der Waals surface area (Å²) >= 11 is 6.19. The third kappa shape index (κ3) is 3.30. The summed E-state index contributed by atoms with van der Waals surface area (Å²) in [6.07, 6.45) is 0.885. The first-order valence-electron chi connectivity index (χ1n) is 6.71. The van der Waals surface area contributed by atoms with Crippen LogP contribution < -0.4 is 5.73 Å². The fourth-order valence-corrected chi connectivity index (χ4v) is 2.50. The number of carbonyl (C=O) groups excluding carboxylic acids is 1. The second-order valence-electron chi connectivity index (χ2n) is 4.63. The monoisotopic (exact) mass is 291 g/mol. The molecule has 0 fully saturated rings. The first-order valence-corrected chi connectivity index (χ1v) is 7.09. The molecule has 2 aromatic rings. The topological polar surface area (TPSA) is 52.3 Å². The lowest BCUT2D eigenvalue weighted by Crippen LogP contribution is -2.14. The molecule has 0 saturated carbocycles. The van der Waals surface area contributed by atoms with Crippen molar-refractivity contribution in [3.8, 4) is 0 Å². The number of hydrogen-bond acceptors (Lipinski definition) is 3. The van der Waals surface area contributed by atoms with Crippen molar-refractivity contribution >= 4 is 28.3 Å². The zero-order valence-corrected chi connectivity index (χ0v) is 12.2. The van der Waals surface area contributed by atoms with Crippen LogP contribution in [0, 0.1) is 0 Å². The maximum Gasteiger partial charge on any atom is 0.305 e. The molecule has 20 heavy (non-hydrogen) atoms. The van der Waals surface area contributed by atoms with E-state index in [1.165, 1.54) is 0 Å². The minimum absolute atomic E-state index is 0.207. The van der Waals surface area contributed by atoms with Crippen LogP contribution in [-0.2, 0) is 9.53 Å². The van der Waals surface area contributed by atoms with Crippen LogP contribution in [0.5, 0.6) is 0 Å². The van der Waals surface area contributed by atoms with Gasteiger partial charge in [0, 0.05) is 22.9 Å². The second-order valence-corrected chi connectivity index (χ2v) is 5.04. The summed E-state index contributed by atoms with van der Waals surface area (Å²) in [4.78, 5) is 11.4. The largest absolute Gasteiger partial charge is 0.466 e. The SMILES string of the molecule is CCOC(=O)CCC(N)c1ccc(Cl)c2ccccc12. The van der Waals surface area contributed by atoms with Gasteiger partial charge in [-0.2, -0.15) is 0 Å².